The second-order valence-corrected chi connectivity index (χ2v) is 13.0. The molecule has 10 rings (SSSR count). The van der Waals surface area contributed by atoms with Gasteiger partial charge in [-0.25, -0.2) is 9.97 Å². The van der Waals surface area contributed by atoms with Crippen LogP contribution >= 0.6 is 0 Å². The number of benzene rings is 8. The highest BCUT2D eigenvalue weighted by Crippen LogP contribution is 2.45. The summed E-state index contributed by atoms with van der Waals surface area (Å²) in [6.45, 7) is 0. The Morgan fingerprint density at radius 2 is 1.06 bits per heavy atom. The van der Waals surface area contributed by atoms with Crippen LogP contribution < -0.4 is 4.90 Å². The highest BCUT2D eigenvalue weighted by Gasteiger charge is 2.21. The Kier molecular flexibility index (Phi) is 7.10. The molecule has 0 bridgehead atoms. The summed E-state index contributed by atoms with van der Waals surface area (Å²) >= 11 is 0. The maximum Gasteiger partial charge on any atom is 0.145 e. The van der Waals surface area contributed by atoms with Crippen LogP contribution in [-0.2, 0) is 0 Å². The second-order valence-electron chi connectivity index (χ2n) is 13.0. The first-order valence-electron chi connectivity index (χ1n) is 17.6. The molecule has 0 aliphatic carbocycles. The van der Waals surface area contributed by atoms with Crippen molar-refractivity contribution in [3.63, 3.8) is 0 Å². The molecule has 0 aliphatic heterocycles. The number of rotatable bonds is 6. The standard InChI is InChI=1S/C48H32N4/c1-5-16-34(17-6-1)47-40-31-28-33-18-15-27-44(51(36-19-7-2-8-20-36)37-21-9-3-10-22-37)45(33)46(40)39-30-29-35(32-42(39)49-47)48-50-41-25-13-14-26-43(41)52(48)38-23-11-4-12-24-38/h1-32H. The van der Waals surface area contributed by atoms with Crippen molar-refractivity contribution in [3.05, 3.63) is 194 Å². The smallest absolute Gasteiger partial charge is 0.145 e. The summed E-state index contributed by atoms with van der Waals surface area (Å²) in [5, 5.41) is 5.74. The SMILES string of the molecule is c1ccc(-c2nc3cc(-c4nc5ccccc5n4-c4ccccc4)ccc3c3c2ccc2cccc(N(c4ccccc4)c4ccccc4)c23)cc1. The number of nitrogens with zero attached hydrogens (tertiary/aromatic N) is 4. The van der Waals surface area contributed by atoms with E-state index in [4.69, 9.17) is 9.97 Å². The van der Waals surface area contributed by atoms with E-state index in [-0.39, 0.29) is 0 Å². The lowest BCUT2D eigenvalue weighted by Gasteiger charge is -2.27. The topological polar surface area (TPSA) is 34.0 Å². The van der Waals surface area contributed by atoms with Crippen LogP contribution in [0.2, 0.25) is 0 Å². The van der Waals surface area contributed by atoms with Crippen LogP contribution in [0.15, 0.2) is 194 Å². The number of hydrogen-bond donors (Lipinski definition) is 0. The van der Waals surface area contributed by atoms with Crippen molar-refractivity contribution >= 4 is 60.5 Å². The molecule has 0 atom stereocenters. The van der Waals surface area contributed by atoms with Crippen molar-refractivity contribution in [1.82, 2.24) is 14.5 Å². The molecule has 2 heterocycles. The van der Waals surface area contributed by atoms with E-state index in [0.717, 1.165) is 72.7 Å². The molecule has 244 valence electrons. The lowest BCUT2D eigenvalue weighted by atomic mass is 9.93. The predicted molar refractivity (Wildman–Crippen MR) is 217 cm³/mol. The molecule has 0 spiro atoms. The van der Waals surface area contributed by atoms with Crippen molar-refractivity contribution in [3.8, 4) is 28.3 Å². The van der Waals surface area contributed by atoms with Crippen LogP contribution in [0.5, 0.6) is 0 Å². The molecule has 0 N–H and O–H groups in total. The number of pyridine rings is 1. The van der Waals surface area contributed by atoms with Gasteiger partial charge in [-0.15, -0.1) is 0 Å². The first-order chi connectivity index (χ1) is 25.8. The van der Waals surface area contributed by atoms with Crippen molar-refractivity contribution in [2.24, 2.45) is 0 Å². The molecule has 10 aromatic rings. The summed E-state index contributed by atoms with van der Waals surface area (Å²) in [5.74, 6) is 0.885. The van der Waals surface area contributed by atoms with Gasteiger partial charge in [0.2, 0.25) is 0 Å². The number of hydrogen-bond acceptors (Lipinski definition) is 3. The number of para-hydroxylation sites is 5. The van der Waals surface area contributed by atoms with Crippen LogP contribution in [-0.4, -0.2) is 14.5 Å². The Morgan fingerprint density at radius 1 is 0.423 bits per heavy atom. The molecular weight excluding hydrogens is 633 g/mol. The number of aromatic nitrogens is 3. The van der Waals surface area contributed by atoms with E-state index in [2.05, 4.69) is 191 Å². The molecule has 4 nitrogen and oxygen atoms in total. The lowest BCUT2D eigenvalue weighted by molar-refractivity contribution is 1.10. The fourth-order valence-corrected chi connectivity index (χ4v) is 7.63. The van der Waals surface area contributed by atoms with E-state index in [9.17, 15) is 0 Å². The van der Waals surface area contributed by atoms with Crippen LogP contribution in [0.3, 0.4) is 0 Å². The Bertz CT molecular complexity index is 2840. The van der Waals surface area contributed by atoms with Gasteiger partial charge in [-0.2, -0.15) is 0 Å². The van der Waals surface area contributed by atoms with Crippen molar-refractivity contribution in [1.29, 1.82) is 0 Å². The summed E-state index contributed by atoms with van der Waals surface area (Å²) in [5.41, 5.74) is 10.4. The Hall–Kier alpha value is -7.04. The highest BCUT2D eigenvalue weighted by atomic mass is 15.1. The number of fused-ring (bicyclic) bond motifs is 6. The third kappa shape index (κ3) is 4.92. The first-order valence-corrected chi connectivity index (χ1v) is 17.6. The van der Waals surface area contributed by atoms with Crippen molar-refractivity contribution < 1.29 is 0 Å². The van der Waals surface area contributed by atoms with Crippen LogP contribution in [0.4, 0.5) is 17.1 Å². The van der Waals surface area contributed by atoms with Gasteiger partial charge in [0, 0.05) is 49.7 Å². The maximum atomic E-state index is 5.46. The minimum atomic E-state index is 0.885. The van der Waals surface area contributed by atoms with Crippen LogP contribution in [0, 0.1) is 0 Å². The molecule has 0 saturated carbocycles. The molecule has 0 amide bonds. The molecule has 8 aromatic carbocycles. The fourth-order valence-electron chi connectivity index (χ4n) is 7.63. The lowest BCUT2D eigenvalue weighted by Crippen LogP contribution is -2.10. The molecule has 0 saturated heterocycles. The van der Waals surface area contributed by atoms with Gasteiger partial charge in [-0.3, -0.25) is 4.57 Å². The van der Waals surface area contributed by atoms with E-state index in [1.54, 1.807) is 0 Å². The van der Waals surface area contributed by atoms with Gasteiger partial charge in [-0.05, 0) is 66.0 Å². The molecule has 4 heteroatoms. The molecule has 0 aliphatic rings. The monoisotopic (exact) mass is 664 g/mol. The van der Waals surface area contributed by atoms with E-state index in [0.29, 0.717) is 0 Å². The quantitative estimate of drug-likeness (QED) is 0.166. The summed E-state index contributed by atoms with van der Waals surface area (Å²) in [7, 11) is 0. The third-order valence-electron chi connectivity index (χ3n) is 9.93. The zero-order valence-electron chi connectivity index (χ0n) is 28.3. The molecule has 0 unspecified atom stereocenters. The van der Waals surface area contributed by atoms with Crippen molar-refractivity contribution in [2.45, 2.75) is 0 Å². The van der Waals surface area contributed by atoms with E-state index < -0.39 is 0 Å². The normalized spacial score (nSPS) is 11.5. The number of anilines is 3. The predicted octanol–water partition coefficient (Wildman–Crippen LogP) is 12.7. The highest BCUT2D eigenvalue weighted by molar-refractivity contribution is 6.26. The van der Waals surface area contributed by atoms with Crippen molar-refractivity contribution in [2.75, 3.05) is 4.90 Å². The zero-order chi connectivity index (χ0) is 34.4. The largest absolute Gasteiger partial charge is 0.310 e. The van der Waals surface area contributed by atoms with Crippen LogP contribution in [0.1, 0.15) is 0 Å². The summed E-state index contributed by atoms with van der Waals surface area (Å²) in [6.07, 6.45) is 0. The average Bonchev–Trinajstić information content (AvgIpc) is 3.61. The summed E-state index contributed by atoms with van der Waals surface area (Å²) in [6, 6.07) is 68.4. The molecule has 0 fully saturated rings. The third-order valence-corrected chi connectivity index (χ3v) is 9.93. The van der Waals surface area contributed by atoms with Gasteiger partial charge < -0.3 is 4.90 Å². The fraction of sp³-hybridized carbons (Fsp3) is 0. The average molecular weight is 665 g/mol. The van der Waals surface area contributed by atoms with E-state index in [1.165, 1.54) is 16.2 Å². The second kappa shape index (κ2) is 12.4. The minimum absolute atomic E-state index is 0.885. The zero-order valence-corrected chi connectivity index (χ0v) is 28.3. The van der Waals surface area contributed by atoms with Crippen LogP contribution in [0.25, 0.3) is 71.8 Å². The summed E-state index contributed by atoms with van der Waals surface area (Å²) in [4.78, 5) is 13.0. The molecular formula is C48H32N4. The summed E-state index contributed by atoms with van der Waals surface area (Å²) < 4.78 is 2.25. The Morgan fingerprint density at radius 3 is 1.79 bits per heavy atom. The van der Waals surface area contributed by atoms with Gasteiger partial charge >= 0.3 is 0 Å². The Balaban J connectivity index is 1.31. The molecule has 2 aromatic heterocycles. The van der Waals surface area contributed by atoms with E-state index >= 15 is 0 Å². The molecule has 0 radical (unpaired) electrons. The van der Waals surface area contributed by atoms with Gasteiger partial charge in [-0.1, -0.05) is 133 Å². The van der Waals surface area contributed by atoms with E-state index in [1.807, 2.05) is 12.1 Å². The van der Waals surface area contributed by atoms with Gasteiger partial charge in [0.15, 0.2) is 0 Å². The Labute approximate surface area is 301 Å². The first kappa shape index (κ1) is 29.8. The minimum Gasteiger partial charge on any atom is -0.310 e. The maximum absolute atomic E-state index is 5.46. The van der Waals surface area contributed by atoms with Gasteiger partial charge in [0.25, 0.3) is 0 Å². The number of imidazole rings is 1. The van der Waals surface area contributed by atoms with Gasteiger partial charge in [0.05, 0.1) is 27.9 Å². The van der Waals surface area contributed by atoms with Gasteiger partial charge in [0.1, 0.15) is 5.82 Å². The molecule has 52 heavy (non-hydrogen) atoms.